The fourth-order valence-electron chi connectivity index (χ4n) is 3.93. The third-order valence-corrected chi connectivity index (χ3v) is 5.61. The van der Waals surface area contributed by atoms with E-state index in [9.17, 15) is 39.6 Å². The maximum atomic E-state index is 12.5. The molecule has 2 rings (SSSR count). The SMILES string of the molecule is CC1=CC(=O)CC(C)(C)C1(O)C=C/C1=C(\C(=O)O)C(=O)CC(C)(O)CC(=O)C1O. The summed E-state index contributed by atoms with van der Waals surface area (Å²) >= 11 is 0. The Morgan fingerprint density at radius 1 is 1.10 bits per heavy atom. The van der Waals surface area contributed by atoms with Crippen molar-refractivity contribution in [1.29, 1.82) is 0 Å². The predicted octanol–water partition coefficient (Wildman–Crippen LogP) is 0.644. The van der Waals surface area contributed by atoms with Crippen molar-refractivity contribution >= 4 is 23.3 Å². The molecule has 8 nitrogen and oxygen atoms in total. The molecule has 0 aromatic heterocycles. The standard InChI is InChI=1S/C21H26O8/c1-11-7-12(22)8-19(2,3)21(11,29)6-5-13-16(18(26)27)14(23)9-20(4,28)10-15(24)17(13)25/h5-7,17,25,28-29H,8-10H2,1-4H3,(H,26,27)/b6-5?,16-13+. The van der Waals surface area contributed by atoms with Gasteiger partial charge in [-0.05, 0) is 31.6 Å². The lowest BCUT2D eigenvalue weighted by Crippen LogP contribution is -2.48. The van der Waals surface area contributed by atoms with E-state index < -0.39 is 64.2 Å². The first-order valence-corrected chi connectivity index (χ1v) is 9.18. The van der Waals surface area contributed by atoms with Crippen LogP contribution in [0.4, 0.5) is 0 Å². The van der Waals surface area contributed by atoms with Gasteiger partial charge in [0.05, 0.1) is 5.60 Å². The number of rotatable bonds is 3. The number of aliphatic carboxylic acids is 1. The second kappa shape index (κ2) is 7.44. The monoisotopic (exact) mass is 406 g/mol. The number of hydrogen-bond acceptors (Lipinski definition) is 7. The van der Waals surface area contributed by atoms with Crippen molar-refractivity contribution in [2.75, 3.05) is 0 Å². The number of allylic oxidation sites excluding steroid dienone is 1. The number of aliphatic hydroxyl groups is 3. The Balaban J connectivity index is 2.66. The molecule has 3 unspecified atom stereocenters. The van der Waals surface area contributed by atoms with Gasteiger partial charge in [-0.1, -0.05) is 19.9 Å². The third-order valence-electron chi connectivity index (χ3n) is 5.61. The van der Waals surface area contributed by atoms with Gasteiger partial charge in [0.1, 0.15) is 17.3 Å². The number of carboxylic acids is 1. The first kappa shape index (κ1) is 22.9. The minimum Gasteiger partial charge on any atom is -0.478 e. The molecule has 0 aromatic rings. The number of Topliss-reactive ketones (excluding diaryl/α,β-unsaturated/α-hetero) is 2. The molecule has 158 valence electrons. The molecular formula is C21H26O8. The van der Waals surface area contributed by atoms with Crippen LogP contribution >= 0.6 is 0 Å². The number of carboxylic acid groups (broad SMARTS) is 1. The second-order valence-electron chi connectivity index (χ2n) is 8.73. The zero-order valence-electron chi connectivity index (χ0n) is 16.9. The Morgan fingerprint density at radius 2 is 1.69 bits per heavy atom. The van der Waals surface area contributed by atoms with Crippen LogP contribution in [0.5, 0.6) is 0 Å². The maximum absolute atomic E-state index is 12.5. The van der Waals surface area contributed by atoms with E-state index >= 15 is 0 Å². The normalized spacial score (nSPS) is 36.0. The lowest BCUT2D eigenvalue weighted by molar-refractivity contribution is -0.137. The van der Waals surface area contributed by atoms with Gasteiger partial charge in [0, 0.05) is 30.3 Å². The average molecular weight is 406 g/mol. The lowest BCUT2D eigenvalue weighted by Gasteiger charge is -2.44. The number of hydrogen-bond donors (Lipinski definition) is 4. The minimum absolute atomic E-state index is 0.0271. The van der Waals surface area contributed by atoms with Crippen LogP contribution < -0.4 is 0 Å². The van der Waals surface area contributed by atoms with Gasteiger partial charge in [0.25, 0.3) is 0 Å². The summed E-state index contributed by atoms with van der Waals surface area (Å²) < 4.78 is 0. The fraction of sp³-hybridized carbons (Fsp3) is 0.524. The van der Waals surface area contributed by atoms with E-state index in [1.807, 2.05) is 0 Å². The highest BCUT2D eigenvalue weighted by molar-refractivity contribution is 6.19. The molecule has 0 heterocycles. The molecule has 2 aliphatic carbocycles. The van der Waals surface area contributed by atoms with Crippen LogP contribution in [0.1, 0.15) is 47.0 Å². The molecule has 0 spiro atoms. The Bertz CT molecular complexity index is 871. The molecule has 0 aliphatic heterocycles. The molecule has 29 heavy (non-hydrogen) atoms. The summed E-state index contributed by atoms with van der Waals surface area (Å²) in [6, 6.07) is 0. The van der Waals surface area contributed by atoms with Crippen LogP contribution in [-0.2, 0) is 19.2 Å². The van der Waals surface area contributed by atoms with Crippen LogP contribution in [0.2, 0.25) is 0 Å². The molecule has 0 saturated heterocycles. The Kier molecular flexibility index (Phi) is 5.87. The zero-order valence-corrected chi connectivity index (χ0v) is 16.9. The fourth-order valence-corrected chi connectivity index (χ4v) is 3.93. The van der Waals surface area contributed by atoms with Crippen molar-refractivity contribution in [2.45, 2.75) is 64.3 Å². The first-order chi connectivity index (χ1) is 13.1. The van der Waals surface area contributed by atoms with Crippen molar-refractivity contribution < 1.29 is 39.6 Å². The van der Waals surface area contributed by atoms with E-state index in [1.165, 1.54) is 26.0 Å². The topological polar surface area (TPSA) is 149 Å². The highest BCUT2D eigenvalue weighted by Gasteiger charge is 2.47. The van der Waals surface area contributed by atoms with E-state index in [1.54, 1.807) is 13.8 Å². The van der Waals surface area contributed by atoms with Crippen molar-refractivity contribution in [3.63, 3.8) is 0 Å². The summed E-state index contributed by atoms with van der Waals surface area (Å²) in [6.07, 6.45) is 0.463. The van der Waals surface area contributed by atoms with Gasteiger partial charge in [-0.15, -0.1) is 0 Å². The van der Waals surface area contributed by atoms with Crippen LogP contribution in [0.25, 0.3) is 0 Å². The molecule has 0 aromatic carbocycles. The van der Waals surface area contributed by atoms with Crippen molar-refractivity contribution in [3.8, 4) is 0 Å². The Hall–Kier alpha value is -2.42. The largest absolute Gasteiger partial charge is 0.478 e. The van der Waals surface area contributed by atoms with Gasteiger partial charge in [-0.2, -0.15) is 0 Å². The van der Waals surface area contributed by atoms with Gasteiger partial charge in [-0.25, -0.2) is 4.79 Å². The highest BCUT2D eigenvalue weighted by Crippen LogP contribution is 2.44. The zero-order chi connectivity index (χ0) is 22.4. The molecule has 0 saturated carbocycles. The second-order valence-corrected chi connectivity index (χ2v) is 8.73. The summed E-state index contributed by atoms with van der Waals surface area (Å²) in [7, 11) is 0. The van der Waals surface area contributed by atoms with E-state index in [2.05, 4.69) is 0 Å². The third kappa shape index (κ3) is 4.29. The highest BCUT2D eigenvalue weighted by atomic mass is 16.4. The van der Waals surface area contributed by atoms with Gasteiger partial charge >= 0.3 is 5.97 Å². The summed E-state index contributed by atoms with van der Waals surface area (Å²) in [5.74, 6) is -3.62. The van der Waals surface area contributed by atoms with Gasteiger partial charge in [0.15, 0.2) is 17.3 Å². The van der Waals surface area contributed by atoms with Crippen LogP contribution in [0.3, 0.4) is 0 Å². The number of aliphatic hydroxyl groups excluding tert-OH is 1. The molecule has 2 aliphatic rings. The smallest absolute Gasteiger partial charge is 0.339 e. The molecule has 8 heteroatoms. The Labute approximate surface area is 168 Å². The predicted molar refractivity (Wildman–Crippen MR) is 102 cm³/mol. The summed E-state index contributed by atoms with van der Waals surface area (Å²) in [6.45, 7) is 6.06. The van der Waals surface area contributed by atoms with E-state index in [0.29, 0.717) is 5.57 Å². The van der Waals surface area contributed by atoms with Crippen LogP contribution in [0, 0.1) is 5.41 Å². The Morgan fingerprint density at radius 3 is 2.21 bits per heavy atom. The number of carbonyl (C=O) groups is 4. The quantitative estimate of drug-likeness (QED) is 0.499. The van der Waals surface area contributed by atoms with Gasteiger partial charge < -0.3 is 20.4 Å². The summed E-state index contributed by atoms with van der Waals surface area (Å²) in [5, 5.41) is 41.3. The van der Waals surface area contributed by atoms with Crippen molar-refractivity contribution in [3.05, 3.63) is 34.9 Å². The van der Waals surface area contributed by atoms with Gasteiger partial charge in [-0.3, -0.25) is 14.4 Å². The van der Waals surface area contributed by atoms with Gasteiger partial charge in [0.2, 0.25) is 0 Å². The lowest BCUT2D eigenvalue weighted by atomic mass is 9.64. The van der Waals surface area contributed by atoms with Crippen LogP contribution in [-0.4, -0.2) is 61.1 Å². The van der Waals surface area contributed by atoms with E-state index in [0.717, 1.165) is 6.08 Å². The molecule has 0 radical (unpaired) electrons. The maximum Gasteiger partial charge on any atom is 0.339 e. The summed E-state index contributed by atoms with van der Waals surface area (Å²) in [5.41, 5.74) is -5.37. The molecule has 0 fully saturated rings. The van der Waals surface area contributed by atoms with Crippen LogP contribution in [0.15, 0.2) is 34.9 Å². The first-order valence-electron chi connectivity index (χ1n) is 9.18. The molecule has 0 bridgehead atoms. The van der Waals surface area contributed by atoms with Crippen molar-refractivity contribution in [2.24, 2.45) is 5.41 Å². The number of ketones is 3. The molecule has 4 N–H and O–H groups in total. The minimum atomic E-state index is -1.96. The molecule has 0 amide bonds. The van der Waals surface area contributed by atoms with Crippen molar-refractivity contribution in [1.82, 2.24) is 0 Å². The average Bonchev–Trinajstić information content (AvgIpc) is 2.53. The number of carbonyl (C=O) groups excluding carboxylic acids is 3. The van der Waals surface area contributed by atoms with E-state index in [-0.39, 0.29) is 12.2 Å². The van der Waals surface area contributed by atoms with E-state index in [4.69, 9.17) is 0 Å². The summed E-state index contributed by atoms with van der Waals surface area (Å²) in [4.78, 5) is 48.4. The molecular weight excluding hydrogens is 380 g/mol. The molecule has 3 atom stereocenters.